The molecule has 1 aromatic heterocycles. The first-order valence-electron chi connectivity index (χ1n) is 8.74. The van der Waals surface area contributed by atoms with Crippen molar-refractivity contribution in [2.24, 2.45) is 5.92 Å². The third-order valence-corrected chi connectivity index (χ3v) is 4.97. The van der Waals surface area contributed by atoms with Gasteiger partial charge in [0, 0.05) is 32.0 Å². The second-order valence-corrected chi connectivity index (χ2v) is 6.81. The molecule has 0 amide bonds. The number of piperidine rings is 1. The summed E-state index contributed by atoms with van der Waals surface area (Å²) in [5.74, 6) is 0.874. The Bertz CT molecular complexity index is 398. The molecule has 2 aliphatic heterocycles. The zero-order chi connectivity index (χ0) is 14.3. The summed E-state index contributed by atoms with van der Waals surface area (Å²) < 4.78 is 0. The van der Waals surface area contributed by atoms with E-state index in [9.17, 15) is 0 Å². The second kappa shape index (κ2) is 7.90. The van der Waals surface area contributed by atoms with Crippen LogP contribution < -0.4 is 0 Å². The van der Waals surface area contributed by atoms with E-state index in [-0.39, 0.29) is 0 Å². The molecule has 3 nitrogen and oxygen atoms in total. The van der Waals surface area contributed by atoms with Crippen molar-refractivity contribution < 1.29 is 0 Å². The highest BCUT2D eigenvalue weighted by molar-refractivity contribution is 5.09. The molecular formula is C18H29N3. The van der Waals surface area contributed by atoms with Crippen molar-refractivity contribution in [3.8, 4) is 0 Å². The lowest BCUT2D eigenvalue weighted by atomic mass is 9.97. The third-order valence-electron chi connectivity index (χ3n) is 4.97. The largest absolute Gasteiger partial charge is 0.303 e. The van der Waals surface area contributed by atoms with Crippen LogP contribution in [0.15, 0.2) is 24.5 Å². The van der Waals surface area contributed by atoms with Gasteiger partial charge in [0.25, 0.3) is 0 Å². The predicted octanol–water partition coefficient (Wildman–Crippen LogP) is 3.17. The molecule has 21 heavy (non-hydrogen) atoms. The SMILES string of the molecule is c1cc(CN2CCC[C@@H](CN3CCCCCC3)C2)ccn1. The fourth-order valence-corrected chi connectivity index (χ4v) is 3.87. The highest BCUT2D eigenvalue weighted by Crippen LogP contribution is 2.21. The first-order chi connectivity index (χ1) is 10.4. The van der Waals surface area contributed by atoms with Crippen LogP contribution in [0.25, 0.3) is 0 Å². The van der Waals surface area contributed by atoms with Crippen molar-refractivity contribution in [1.82, 2.24) is 14.8 Å². The molecule has 1 atom stereocenters. The zero-order valence-corrected chi connectivity index (χ0v) is 13.2. The molecule has 0 radical (unpaired) electrons. The average Bonchev–Trinajstić information content (AvgIpc) is 2.77. The smallest absolute Gasteiger partial charge is 0.0271 e. The van der Waals surface area contributed by atoms with Crippen molar-refractivity contribution in [3.05, 3.63) is 30.1 Å². The number of rotatable bonds is 4. The summed E-state index contributed by atoms with van der Waals surface area (Å²) in [5.41, 5.74) is 1.40. The quantitative estimate of drug-likeness (QED) is 0.848. The molecule has 3 heteroatoms. The van der Waals surface area contributed by atoms with Crippen LogP contribution in [0.5, 0.6) is 0 Å². The molecule has 0 bridgehead atoms. The predicted molar refractivity (Wildman–Crippen MR) is 87.1 cm³/mol. The van der Waals surface area contributed by atoms with Gasteiger partial charge < -0.3 is 4.90 Å². The normalized spacial score (nSPS) is 25.6. The van der Waals surface area contributed by atoms with Crippen LogP contribution in [0.4, 0.5) is 0 Å². The Kier molecular flexibility index (Phi) is 5.64. The number of hydrogen-bond acceptors (Lipinski definition) is 3. The van der Waals surface area contributed by atoms with Crippen LogP contribution in [0.2, 0.25) is 0 Å². The molecule has 3 heterocycles. The van der Waals surface area contributed by atoms with E-state index in [2.05, 4.69) is 26.9 Å². The molecule has 0 N–H and O–H groups in total. The maximum atomic E-state index is 4.11. The van der Waals surface area contributed by atoms with Crippen molar-refractivity contribution in [1.29, 1.82) is 0 Å². The lowest BCUT2D eigenvalue weighted by Crippen LogP contribution is -2.41. The van der Waals surface area contributed by atoms with E-state index < -0.39 is 0 Å². The van der Waals surface area contributed by atoms with E-state index in [4.69, 9.17) is 0 Å². The minimum atomic E-state index is 0.874. The lowest BCUT2D eigenvalue weighted by Gasteiger charge is -2.35. The summed E-state index contributed by atoms with van der Waals surface area (Å²) in [6.45, 7) is 7.63. The maximum absolute atomic E-state index is 4.11. The molecule has 116 valence electrons. The topological polar surface area (TPSA) is 19.4 Å². The van der Waals surface area contributed by atoms with Gasteiger partial charge >= 0.3 is 0 Å². The lowest BCUT2D eigenvalue weighted by molar-refractivity contribution is 0.129. The molecule has 1 aromatic rings. The summed E-state index contributed by atoms with van der Waals surface area (Å²) in [6.07, 6.45) is 12.3. The van der Waals surface area contributed by atoms with Crippen LogP contribution in [-0.2, 0) is 6.54 Å². The van der Waals surface area contributed by atoms with Gasteiger partial charge in [-0.25, -0.2) is 0 Å². The Hall–Kier alpha value is -0.930. The van der Waals surface area contributed by atoms with Crippen molar-refractivity contribution >= 4 is 0 Å². The molecule has 0 aromatic carbocycles. The van der Waals surface area contributed by atoms with Crippen LogP contribution in [0.1, 0.15) is 44.1 Å². The highest BCUT2D eigenvalue weighted by atomic mass is 15.2. The molecule has 0 saturated carbocycles. The standard InChI is InChI=1S/C18H29N3/c1-2-4-12-20(11-3-1)15-18-6-5-13-21(16-18)14-17-7-9-19-10-8-17/h7-10,18H,1-6,11-16H2/t18-/m0/s1. The Morgan fingerprint density at radius 2 is 1.62 bits per heavy atom. The first-order valence-corrected chi connectivity index (χ1v) is 8.74. The summed E-state index contributed by atoms with van der Waals surface area (Å²) in [4.78, 5) is 9.48. The Balaban J connectivity index is 1.48. The van der Waals surface area contributed by atoms with Gasteiger partial charge in [-0.2, -0.15) is 0 Å². The van der Waals surface area contributed by atoms with Gasteiger partial charge in [0.05, 0.1) is 0 Å². The molecular weight excluding hydrogens is 258 g/mol. The molecule has 0 aliphatic carbocycles. The van der Waals surface area contributed by atoms with Crippen LogP contribution in [0, 0.1) is 5.92 Å². The monoisotopic (exact) mass is 287 g/mol. The Morgan fingerprint density at radius 1 is 0.905 bits per heavy atom. The minimum absolute atomic E-state index is 0.874. The third kappa shape index (κ3) is 4.79. The van der Waals surface area contributed by atoms with E-state index in [1.165, 1.54) is 76.8 Å². The number of nitrogens with zero attached hydrogens (tertiary/aromatic N) is 3. The van der Waals surface area contributed by atoms with Gasteiger partial charge in [-0.05, 0) is 68.9 Å². The van der Waals surface area contributed by atoms with E-state index in [0.29, 0.717) is 0 Å². The molecule has 3 rings (SSSR count). The number of likely N-dealkylation sites (tertiary alicyclic amines) is 2. The fourth-order valence-electron chi connectivity index (χ4n) is 3.87. The van der Waals surface area contributed by atoms with Gasteiger partial charge in [-0.3, -0.25) is 9.88 Å². The highest BCUT2D eigenvalue weighted by Gasteiger charge is 2.22. The molecule has 2 saturated heterocycles. The Morgan fingerprint density at radius 3 is 2.38 bits per heavy atom. The number of aromatic nitrogens is 1. The molecule has 0 unspecified atom stereocenters. The number of hydrogen-bond donors (Lipinski definition) is 0. The number of pyridine rings is 1. The van der Waals surface area contributed by atoms with E-state index in [0.717, 1.165) is 12.5 Å². The van der Waals surface area contributed by atoms with Gasteiger partial charge in [0.15, 0.2) is 0 Å². The summed E-state index contributed by atoms with van der Waals surface area (Å²) in [7, 11) is 0. The average molecular weight is 287 g/mol. The molecule has 2 aliphatic rings. The van der Waals surface area contributed by atoms with Gasteiger partial charge in [-0.15, -0.1) is 0 Å². The van der Waals surface area contributed by atoms with E-state index in [1.54, 1.807) is 0 Å². The summed E-state index contributed by atoms with van der Waals surface area (Å²) in [6, 6.07) is 4.30. The molecule has 0 spiro atoms. The summed E-state index contributed by atoms with van der Waals surface area (Å²) >= 11 is 0. The van der Waals surface area contributed by atoms with Gasteiger partial charge in [-0.1, -0.05) is 12.8 Å². The van der Waals surface area contributed by atoms with Crippen LogP contribution >= 0.6 is 0 Å². The zero-order valence-electron chi connectivity index (χ0n) is 13.2. The Labute approximate surface area is 129 Å². The first kappa shape index (κ1) is 15.0. The van der Waals surface area contributed by atoms with Gasteiger partial charge in [0.1, 0.15) is 0 Å². The van der Waals surface area contributed by atoms with Crippen LogP contribution in [0.3, 0.4) is 0 Å². The van der Waals surface area contributed by atoms with Crippen molar-refractivity contribution in [2.75, 3.05) is 32.7 Å². The second-order valence-electron chi connectivity index (χ2n) is 6.81. The van der Waals surface area contributed by atoms with E-state index in [1.807, 2.05) is 12.4 Å². The fraction of sp³-hybridized carbons (Fsp3) is 0.722. The van der Waals surface area contributed by atoms with Crippen LogP contribution in [-0.4, -0.2) is 47.5 Å². The van der Waals surface area contributed by atoms with Gasteiger partial charge in [0.2, 0.25) is 0 Å². The van der Waals surface area contributed by atoms with Crippen molar-refractivity contribution in [2.45, 2.75) is 45.1 Å². The van der Waals surface area contributed by atoms with Crippen molar-refractivity contribution in [3.63, 3.8) is 0 Å². The molecule has 2 fully saturated rings. The minimum Gasteiger partial charge on any atom is -0.303 e. The van der Waals surface area contributed by atoms with E-state index >= 15 is 0 Å². The summed E-state index contributed by atoms with van der Waals surface area (Å²) in [5, 5.41) is 0. The maximum Gasteiger partial charge on any atom is 0.0271 e.